The maximum absolute atomic E-state index is 10.9. The van der Waals surface area contributed by atoms with Crippen LogP contribution in [0.25, 0.3) is 21.5 Å². The van der Waals surface area contributed by atoms with Gasteiger partial charge in [0.25, 0.3) is 0 Å². The molecular weight excluding hydrogens is 362 g/mol. The number of aliphatic hydroxyl groups excluding tert-OH is 1. The average Bonchev–Trinajstić information content (AvgIpc) is 2.61. The van der Waals surface area contributed by atoms with Gasteiger partial charge in [-0.1, -0.05) is 52.7 Å². The highest BCUT2D eigenvalue weighted by Crippen LogP contribution is 2.35. The van der Waals surface area contributed by atoms with Gasteiger partial charge >= 0.3 is 0 Å². The summed E-state index contributed by atoms with van der Waals surface area (Å²) in [4.78, 5) is 0. The lowest BCUT2D eigenvalue weighted by Crippen LogP contribution is -2.35. The molecule has 4 rings (SSSR count). The molecule has 0 aliphatic carbocycles. The van der Waals surface area contributed by atoms with E-state index in [2.05, 4.69) is 69.8 Å². The van der Waals surface area contributed by atoms with Crippen LogP contribution in [0.15, 0.2) is 53.0 Å². The zero-order valence-electron chi connectivity index (χ0n) is 13.6. The lowest BCUT2D eigenvalue weighted by Gasteiger charge is -2.26. The largest absolute Gasteiger partial charge is 0.388 e. The number of fused-ring (bicyclic) bond motifs is 3. The lowest BCUT2D eigenvalue weighted by atomic mass is 9.90. The van der Waals surface area contributed by atoms with Crippen LogP contribution in [-0.4, -0.2) is 17.7 Å². The fourth-order valence-corrected chi connectivity index (χ4v) is 4.29. The molecule has 2 N–H and O–H groups in total. The smallest absolute Gasteiger partial charge is 0.0811 e. The Bertz CT molecular complexity index is 870. The van der Waals surface area contributed by atoms with Gasteiger partial charge in [0.15, 0.2) is 0 Å². The van der Waals surface area contributed by atoms with Gasteiger partial charge in [-0.25, -0.2) is 0 Å². The van der Waals surface area contributed by atoms with Crippen molar-refractivity contribution in [3.05, 3.63) is 58.6 Å². The van der Waals surface area contributed by atoms with Gasteiger partial charge in [0.1, 0.15) is 0 Å². The number of hydrogen-bond acceptors (Lipinski definition) is 2. The lowest BCUT2D eigenvalue weighted by molar-refractivity contribution is 0.146. The molecule has 3 aromatic rings. The van der Waals surface area contributed by atoms with Gasteiger partial charge in [0, 0.05) is 10.5 Å². The molecule has 0 radical (unpaired) electrons. The predicted molar refractivity (Wildman–Crippen MR) is 104 cm³/mol. The van der Waals surface area contributed by atoms with Crippen molar-refractivity contribution in [3.63, 3.8) is 0 Å². The van der Waals surface area contributed by atoms with Crippen LogP contribution in [0.1, 0.15) is 37.4 Å². The number of piperidine rings is 1. The summed E-state index contributed by atoms with van der Waals surface area (Å²) in [5.41, 5.74) is 1.04. The van der Waals surface area contributed by atoms with Crippen LogP contribution in [0.4, 0.5) is 0 Å². The van der Waals surface area contributed by atoms with E-state index in [0.29, 0.717) is 6.04 Å². The first kappa shape index (κ1) is 16.1. The van der Waals surface area contributed by atoms with Gasteiger partial charge in [-0.2, -0.15) is 0 Å². The van der Waals surface area contributed by atoms with E-state index in [1.54, 1.807) is 0 Å². The Morgan fingerprint density at radius 2 is 1.88 bits per heavy atom. The van der Waals surface area contributed by atoms with E-state index in [9.17, 15) is 5.11 Å². The summed E-state index contributed by atoms with van der Waals surface area (Å²) >= 11 is 3.57. The van der Waals surface area contributed by atoms with Crippen LogP contribution in [0.5, 0.6) is 0 Å². The normalized spacial score (nSPS) is 19.7. The number of rotatable bonds is 3. The third kappa shape index (κ3) is 3.08. The van der Waals surface area contributed by atoms with Crippen LogP contribution in [0.2, 0.25) is 0 Å². The minimum absolute atomic E-state index is 0.422. The highest BCUT2D eigenvalue weighted by Gasteiger charge is 2.20. The maximum atomic E-state index is 10.9. The van der Waals surface area contributed by atoms with E-state index in [1.807, 2.05) is 0 Å². The van der Waals surface area contributed by atoms with Crippen LogP contribution >= 0.6 is 15.9 Å². The Morgan fingerprint density at radius 1 is 1.04 bits per heavy atom. The van der Waals surface area contributed by atoms with Crippen LogP contribution < -0.4 is 5.32 Å². The summed E-state index contributed by atoms with van der Waals surface area (Å²) < 4.78 is 1.07. The summed E-state index contributed by atoms with van der Waals surface area (Å²) in [5.74, 6) is 0. The molecule has 0 bridgehead atoms. The van der Waals surface area contributed by atoms with E-state index in [1.165, 1.54) is 29.0 Å². The second kappa shape index (κ2) is 6.83. The van der Waals surface area contributed by atoms with Crippen LogP contribution in [0.3, 0.4) is 0 Å². The topological polar surface area (TPSA) is 32.3 Å². The predicted octanol–water partition coefficient (Wildman–Crippen LogP) is 5.32. The molecule has 2 unspecified atom stereocenters. The van der Waals surface area contributed by atoms with Gasteiger partial charge in [-0.3, -0.25) is 0 Å². The van der Waals surface area contributed by atoms with Crippen molar-refractivity contribution in [1.29, 1.82) is 0 Å². The Labute approximate surface area is 151 Å². The molecule has 3 aromatic carbocycles. The Kier molecular flexibility index (Phi) is 4.57. The molecule has 1 aliphatic rings. The van der Waals surface area contributed by atoms with Crippen molar-refractivity contribution in [3.8, 4) is 0 Å². The van der Waals surface area contributed by atoms with Gasteiger partial charge in [-0.15, -0.1) is 0 Å². The molecule has 124 valence electrons. The minimum atomic E-state index is -0.436. The third-order valence-electron chi connectivity index (χ3n) is 5.13. The summed E-state index contributed by atoms with van der Waals surface area (Å²) in [6.07, 6.45) is 4.02. The molecule has 0 amide bonds. The standard InChI is InChI=1S/C21H22BrNO/c22-15-8-9-17-14(11-15)12-20(19-7-2-1-6-18(17)19)21(24)13-16-5-3-4-10-23-16/h1-2,6-9,11-12,16,21,23-24H,3-5,10,13H2. The third-order valence-corrected chi connectivity index (χ3v) is 5.63. The summed E-state index contributed by atoms with van der Waals surface area (Å²) in [5, 5.41) is 19.3. The summed E-state index contributed by atoms with van der Waals surface area (Å²) in [6, 6.07) is 17.4. The number of aliphatic hydroxyl groups is 1. The zero-order chi connectivity index (χ0) is 16.5. The zero-order valence-corrected chi connectivity index (χ0v) is 15.2. The van der Waals surface area contributed by atoms with Crippen LogP contribution in [0, 0.1) is 0 Å². The number of hydrogen-bond donors (Lipinski definition) is 2. The molecule has 24 heavy (non-hydrogen) atoms. The quantitative estimate of drug-likeness (QED) is 0.599. The molecule has 0 saturated carbocycles. The highest BCUT2D eigenvalue weighted by atomic mass is 79.9. The molecule has 1 aliphatic heterocycles. The molecule has 3 heteroatoms. The summed E-state index contributed by atoms with van der Waals surface area (Å²) in [6.45, 7) is 1.07. The average molecular weight is 384 g/mol. The van der Waals surface area contributed by atoms with E-state index in [-0.39, 0.29) is 0 Å². The molecule has 1 heterocycles. The monoisotopic (exact) mass is 383 g/mol. The number of nitrogens with one attached hydrogen (secondary N) is 1. The van der Waals surface area contributed by atoms with Gasteiger partial charge in [-0.05, 0) is 71.1 Å². The first-order valence-corrected chi connectivity index (χ1v) is 9.54. The summed E-state index contributed by atoms with van der Waals surface area (Å²) in [7, 11) is 0. The van der Waals surface area contributed by atoms with Gasteiger partial charge in [0.2, 0.25) is 0 Å². The minimum Gasteiger partial charge on any atom is -0.388 e. The van der Waals surface area contributed by atoms with Gasteiger partial charge in [0.05, 0.1) is 6.10 Å². The molecule has 1 fully saturated rings. The Balaban J connectivity index is 1.80. The SMILES string of the molecule is OC(CC1CCCCN1)c1cc2cc(Br)ccc2c2ccccc12. The van der Waals surface area contributed by atoms with E-state index in [4.69, 9.17) is 0 Å². The van der Waals surface area contributed by atoms with Crippen molar-refractivity contribution in [2.45, 2.75) is 37.8 Å². The fraction of sp³-hybridized carbons (Fsp3) is 0.333. The Hall–Kier alpha value is -1.42. The van der Waals surface area contributed by atoms with E-state index < -0.39 is 6.10 Å². The van der Waals surface area contributed by atoms with E-state index >= 15 is 0 Å². The number of halogens is 1. The second-order valence-corrected chi connectivity index (χ2v) is 7.69. The van der Waals surface area contributed by atoms with Crippen molar-refractivity contribution in [2.75, 3.05) is 6.54 Å². The first-order valence-electron chi connectivity index (χ1n) is 8.75. The Morgan fingerprint density at radius 3 is 2.67 bits per heavy atom. The van der Waals surface area contributed by atoms with Crippen LogP contribution in [-0.2, 0) is 0 Å². The van der Waals surface area contributed by atoms with Gasteiger partial charge < -0.3 is 10.4 Å². The molecular formula is C21H22BrNO. The molecule has 1 saturated heterocycles. The second-order valence-electron chi connectivity index (χ2n) is 6.78. The van der Waals surface area contributed by atoms with Crippen molar-refractivity contribution in [1.82, 2.24) is 5.32 Å². The van der Waals surface area contributed by atoms with Crippen molar-refractivity contribution < 1.29 is 5.11 Å². The van der Waals surface area contributed by atoms with Crippen molar-refractivity contribution in [2.24, 2.45) is 0 Å². The molecule has 0 aromatic heterocycles. The molecule has 2 atom stereocenters. The molecule has 2 nitrogen and oxygen atoms in total. The molecule has 0 spiro atoms. The fourth-order valence-electron chi connectivity index (χ4n) is 3.91. The highest BCUT2D eigenvalue weighted by molar-refractivity contribution is 9.10. The van der Waals surface area contributed by atoms with Crippen molar-refractivity contribution >= 4 is 37.5 Å². The first-order chi connectivity index (χ1) is 11.7. The maximum Gasteiger partial charge on any atom is 0.0811 e. The van der Waals surface area contributed by atoms with E-state index in [0.717, 1.165) is 34.8 Å². The number of benzene rings is 3.